The van der Waals surface area contributed by atoms with Crippen LogP contribution < -0.4 is 10.1 Å². The minimum Gasteiger partial charge on any atom is -0.497 e. The lowest BCUT2D eigenvalue weighted by Crippen LogP contribution is -2.00. The predicted octanol–water partition coefficient (Wildman–Crippen LogP) is 3.93. The molecular formula is C17H17N3O. The molecule has 0 fully saturated rings. The highest BCUT2D eigenvalue weighted by Gasteiger charge is 2.07. The molecule has 0 saturated heterocycles. The van der Waals surface area contributed by atoms with E-state index in [1.807, 2.05) is 60.2 Å². The van der Waals surface area contributed by atoms with Crippen molar-refractivity contribution in [2.24, 2.45) is 0 Å². The van der Waals surface area contributed by atoms with Crippen molar-refractivity contribution in [1.82, 2.24) is 9.55 Å². The topological polar surface area (TPSA) is 39.1 Å². The molecule has 0 aliphatic heterocycles. The Labute approximate surface area is 124 Å². The number of ether oxygens (including phenoxy) is 1. The van der Waals surface area contributed by atoms with Crippen LogP contribution in [0, 0.1) is 6.92 Å². The van der Waals surface area contributed by atoms with Gasteiger partial charge in [-0.3, -0.25) is 4.57 Å². The molecule has 3 aromatic rings. The third-order valence-electron chi connectivity index (χ3n) is 3.21. The molecule has 0 aliphatic carbocycles. The number of hydrogen-bond donors (Lipinski definition) is 1. The highest BCUT2D eigenvalue weighted by molar-refractivity contribution is 5.57. The summed E-state index contributed by atoms with van der Waals surface area (Å²) in [6, 6.07) is 17.9. The summed E-state index contributed by atoms with van der Waals surface area (Å²) in [6.45, 7) is 1.98. The molecule has 21 heavy (non-hydrogen) atoms. The van der Waals surface area contributed by atoms with Crippen LogP contribution in [0.3, 0.4) is 0 Å². The van der Waals surface area contributed by atoms with E-state index in [1.165, 1.54) is 0 Å². The molecule has 0 spiro atoms. The molecule has 1 heterocycles. The molecule has 4 heteroatoms. The van der Waals surface area contributed by atoms with E-state index in [0.29, 0.717) is 0 Å². The molecule has 4 nitrogen and oxygen atoms in total. The Kier molecular flexibility index (Phi) is 3.60. The van der Waals surface area contributed by atoms with Gasteiger partial charge >= 0.3 is 0 Å². The van der Waals surface area contributed by atoms with Gasteiger partial charge in [-0.15, -0.1) is 0 Å². The summed E-state index contributed by atoms with van der Waals surface area (Å²) in [6.07, 6.45) is 2.02. The van der Waals surface area contributed by atoms with Crippen LogP contribution in [-0.2, 0) is 0 Å². The zero-order valence-electron chi connectivity index (χ0n) is 12.1. The predicted molar refractivity (Wildman–Crippen MR) is 84.6 cm³/mol. The summed E-state index contributed by atoms with van der Waals surface area (Å²) in [4.78, 5) is 4.55. The third kappa shape index (κ3) is 2.89. The van der Waals surface area contributed by atoms with Crippen molar-refractivity contribution in [2.75, 3.05) is 12.4 Å². The minimum absolute atomic E-state index is 0.795. The lowest BCUT2D eigenvalue weighted by Gasteiger charge is -2.10. The maximum atomic E-state index is 5.17. The van der Waals surface area contributed by atoms with Crippen molar-refractivity contribution in [3.8, 4) is 11.4 Å². The Balaban J connectivity index is 1.92. The fourth-order valence-electron chi connectivity index (χ4n) is 2.17. The SMILES string of the molecule is COc1ccc(Nc2nc(C)cn2-c2ccccc2)cc1. The number of benzene rings is 2. The van der Waals surface area contributed by atoms with Crippen LogP contribution in [0.2, 0.25) is 0 Å². The first kappa shape index (κ1) is 13.2. The fourth-order valence-corrected chi connectivity index (χ4v) is 2.17. The van der Waals surface area contributed by atoms with E-state index >= 15 is 0 Å². The van der Waals surface area contributed by atoms with Gasteiger partial charge in [-0.2, -0.15) is 0 Å². The quantitative estimate of drug-likeness (QED) is 0.786. The summed E-state index contributed by atoms with van der Waals surface area (Å²) in [5.74, 6) is 1.63. The summed E-state index contributed by atoms with van der Waals surface area (Å²) in [5, 5.41) is 3.34. The molecule has 1 aromatic heterocycles. The Hall–Kier alpha value is -2.75. The van der Waals surface area contributed by atoms with Gasteiger partial charge < -0.3 is 10.1 Å². The van der Waals surface area contributed by atoms with Crippen molar-refractivity contribution < 1.29 is 4.74 Å². The van der Waals surface area contributed by atoms with Crippen LogP contribution in [0.5, 0.6) is 5.75 Å². The lowest BCUT2D eigenvalue weighted by molar-refractivity contribution is 0.415. The van der Waals surface area contributed by atoms with Gasteiger partial charge in [-0.25, -0.2) is 4.98 Å². The highest BCUT2D eigenvalue weighted by atomic mass is 16.5. The number of methoxy groups -OCH3 is 1. The van der Waals surface area contributed by atoms with Crippen molar-refractivity contribution in [3.05, 3.63) is 66.5 Å². The second-order valence-electron chi connectivity index (χ2n) is 4.76. The molecule has 3 rings (SSSR count). The van der Waals surface area contributed by atoms with Gasteiger partial charge in [-0.05, 0) is 43.3 Å². The molecule has 0 amide bonds. The second-order valence-corrected chi connectivity index (χ2v) is 4.76. The maximum absolute atomic E-state index is 5.17. The first-order valence-electron chi connectivity index (χ1n) is 6.79. The number of nitrogens with zero attached hydrogens (tertiary/aromatic N) is 2. The molecule has 2 aromatic carbocycles. The highest BCUT2D eigenvalue weighted by Crippen LogP contribution is 2.22. The first-order chi connectivity index (χ1) is 10.3. The van der Waals surface area contributed by atoms with Gasteiger partial charge in [-0.1, -0.05) is 18.2 Å². The fraction of sp³-hybridized carbons (Fsp3) is 0.118. The van der Waals surface area contributed by atoms with Crippen LogP contribution in [0.15, 0.2) is 60.8 Å². The summed E-state index contributed by atoms with van der Waals surface area (Å²) >= 11 is 0. The smallest absolute Gasteiger partial charge is 0.212 e. The van der Waals surface area contributed by atoms with E-state index in [0.717, 1.165) is 28.8 Å². The van der Waals surface area contributed by atoms with E-state index < -0.39 is 0 Å². The molecule has 0 bridgehead atoms. The van der Waals surface area contributed by atoms with Crippen molar-refractivity contribution in [1.29, 1.82) is 0 Å². The second kappa shape index (κ2) is 5.71. The maximum Gasteiger partial charge on any atom is 0.212 e. The average Bonchev–Trinajstić information content (AvgIpc) is 2.89. The van der Waals surface area contributed by atoms with Crippen LogP contribution in [0.4, 0.5) is 11.6 Å². The molecule has 0 saturated carbocycles. The third-order valence-corrected chi connectivity index (χ3v) is 3.21. The molecule has 0 aliphatic rings. The van der Waals surface area contributed by atoms with E-state index in [-0.39, 0.29) is 0 Å². The Morgan fingerprint density at radius 2 is 1.71 bits per heavy atom. The van der Waals surface area contributed by atoms with Gasteiger partial charge in [0.15, 0.2) is 0 Å². The Morgan fingerprint density at radius 3 is 2.38 bits per heavy atom. The van der Waals surface area contributed by atoms with Crippen molar-refractivity contribution in [3.63, 3.8) is 0 Å². The van der Waals surface area contributed by atoms with E-state index in [9.17, 15) is 0 Å². The summed E-state index contributed by atoms with van der Waals surface area (Å²) in [5.41, 5.74) is 3.02. The molecular weight excluding hydrogens is 262 g/mol. The standard InChI is InChI=1S/C17H17N3O/c1-13-12-20(15-6-4-3-5-7-15)17(18-13)19-14-8-10-16(21-2)11-9-14/h3-12H,1-2H3,(H,18,19). The summed E-state index contributed by atoms with van der Waals surface area (Å²) in [7, 11) is 1.66. The van der Waals surface area contributed by atoms with E-state index in [1.54, 1.807) is 7.11 Å². The van der Waals surface area contributed by atoms with Crippen molar-refractivity contribution in [2.45, 2.75) is 6.92 Å². The van der Waals surface area contributed by atoms with Crippen LogP contribution in [0.1, 0.15) is 5.69 Å². The molecule has 1 N–H and O–H groups in total. The van der Waals surface area contributed by atoms with Gasteiger partial charge in [0.1, 0.15) is 5.75 Å². The molecule has 0 atom stereocenters. The average molecular weight is 279 g/mol. The Morgan fingerprint density at radius 1 is 1.00 bits per heavy atom. The number of aromatic nitrogens is 2. The normalized spacial score (nSPS) is 10.4. The van der Waals surface area contributed by atoms with Gasteiger partial charge in [0.2, 0.25) is 5.95 Å². The number of rotatable bonds is 4. The van der Waals surface area contributed by atoms with Gasteiger partial charge in [0.25, 0.3) is 0 Å². The number of imidazole rings is 1. The number of anilines is 2. The van der Waals surface area contributed by atoms with Crippen molar-refractivity contribution >= 4 is 11.6 Å². The molecule has 106 valence electrons. The minimum atomic E-state index is 0.795. The molecule has 0 unspecified atom stereocenters. The lowest BCUT2D eigenvalue weighted by atomic mass is 10.3. The van der Waals surface area contributed by atoms with E-state index in [4.69, 9.17) is 4.74 Å². The van der Waals surface area contributed by atoms with Gasteiger partial charge in [0, 0.05) is 17.6 Å². The number of hydrogen-bond acceptors (Lipinski definition) is 3. The van der Waals surface area contributed by atoms with E-state index in [2.05, 4.69) is 22.4 Å². The van der Waals surface area contributed by atoms with Gasteiger partial charge in [0.05, 0.1) is 12.8 Å². The first-order valence-corrected chi connectivity index (χ1v) is 6.79. The largest absolute Gasteiger partial charge is 0.497 e. The zero-order chi connectivity index (χ0) is 14.7. The number of nitrogens with one attached hydrogen (secondary N) is 1. The number of para-hydroxylation sites is 1. The number of aryl methyl sites for hydroxylation is 1. The van der Waals surface area contributed by atoms with Crippen LogP contribution in [0.25, 0.3) is 5.69 Å². The Bertz CT molecular complexity index is 718. The van der Waals surface area contributed by atoms with Crippen LogP contribution in [-0.4, -0.2) is 16.7 Å². The zero-order valence-corrected chi connectivity index (χ0v) is 12.1. The summed E-state index contributed by atoms with van der Waals surface area (Å²) < 4.78 is 7.21. The van der Waals surface area contributed by atoms with Crippen LogP contribution >= 0.6 is 0 Å². The monoisotopic (exact) mass is 279 g/mol. The molecule has 0 radical (unpaired) electrons.